The van der Waals surface area contributed by atoms with Crippen LogP contribution in [0.1, 0.15) is 41.4 Å². The highest BCUT2D eigenvalue weighted by atomic mass is 16.6. The Morgan fingerprint density at radius 3 is 1.15 bits per heavy atom. The molecule has 48 heavy (non-hydrogen) atoms. The summed E-state index contributed by atoms with van der Waals surface area (Å²) >= 11 is 0. The van der Waals surface area contributed by atoms with E-state index in [0.717, 1.165) is 66.1 Å². The molecule has 0 atom stereocenters. The number of cyclic esters (lactones) is 4. The zero-order valence-electron chi connectivity index (χ0n) is 25.2. The lowest BCUT2D eigenvalue weighted by Crippen LogP contribution is -1.98. The van der Waals surface area contributed by atoms with Crippen molar-refractivity contribution in [1.29, 1.82) is 0 Å². The van der Waals surface area contributed by atoms with Crippen molar-refractivity contribution in [3.8, 4) is 44.5 Å². The van der Waals surface area contributed by atoms with Crippen LogP contribution in [-0.4, -0.2) is 23.9 Å². The van der Waals surface area contributed by atoms with Gasteiger partial charge in [-0.25, -0.2) is 19.2 Å². The SMILES string of the molecule is O=C1OC(=O)c2cc(-c3cc(-c4cccc5ccccc45)c(-c4ccc5c(c4)C(=O)OC5=O)cc3-c3cccc4ccccc34)ccc21. The average Bonchev–Trinajstić information content (AvgIpc) is 3.58. The Kier molecular flexibility index (Phi) is 6.01. The number of rotatable bonds is 4. The Hall–Kier alpha value is -6.66. The number of hydrogen-bond acceptors (Lipinski definition) is 6. The van der Waals surface area contributed by atoms with Crippen LogP contribution in [0.2, 0.25) is 0 Å². The van der Waals surface area contributed by atoms with Crippen LogP contribution < -0.4 is 0 Å². The van der Waals surface area contributed by atoms with Gasteiger partial charge >= 0.3 is 23.9 Å². The molecule has 0 aromatic heterocycles. The Balaban J connectivity index is 1.41. The van der Waals surface area contributed by atoms with Crippen molar-refractivity contribution in [1.82, 2.24) is 0 Å². The first kappa shape index (κ1) is 27.6. The van der Waals surface area contributed by atoms with Gasteiger partial charge in [-0.1, -0.05) is 97.1 Å². The van der Waals surface area contributed by atoms with Crippen molar-refractivity contribution in [2.24, 2.45) is 0 Å². The molecule has 0 saturated carbocycles. The fraction of sp³-hybridized carbons (Fsp3) is 0. The number of fused-ring (bicyclic) bond motifs is 4. The van der Waals surface area contributed by atoms with Crippen LogP contribution in [0.3, 0.4) is 0 Å². The van der Waals surface area contributed by atoms with Gasteiger partial charge in [0.25, 0.3) is 0 Å². The molecule has 6 heteroatoms. The number of esters is 4. The van der Waals surface area contributed by atoms with Gasteiger partial charge in [0.05, 0.1) is 22.3 Å². The van der Waals surface area contributed by atoms with E-state index in [-0.39, 0.29) is 22.3 Å². The van der Waals surface area contributed by atoms with Crippen molar-refractivity contribution >= 4 is 45.4 Å². The monoisotopic (exact) mass is 622 g/mol. The molecule has 0 fully saturated rings. The maximum atomic E-state index is 12.7. The van der Waals surface area contributed by atoms with Crippen molar-refractivity contribution in [3.05, 3.63) is 156 Å². The minimum absolute atomic E-state index is 0.221. The molecule has 226 valence electrons. The van der Waals surface area contributed by atoms with E-state index < -0.39 is 23.9 Å². The predicted molar refractivity (Wildman–Crippen MR) is 183 cm³/mol. The maximum absolute atomic E-state index is 12.7. The molecule has 9 rings (SSSR count). The second-order valence-electron chi connectivity index (χ2n) is 11.9. The molecule has 2 aliphatic rings. The fourth-order valence-electron chi connectivity index (χ4n) is 6.95. The van der Waals surface area contributed by atoms with Crippen LogP contribution in [0.4, 0.5) is 0 Å². The highest BCUT2D eigenvalue weighted by Crippen LogP contribution is 2.46. The van der Waals surface area contributed by atoms with Crippen LogP contribution in [0.5, 0.6) is 0 Å². The summed E-state index contributed by atoms with van der Waals surface area (Å²) in [6, 6.07) is 43.1. The lowest BCUT2D eigenvalue weighted by Gasteiger charge is -2.20. The Labute approximate surface area is 273 Å². The Morgan fingerprint density at radius 2 is 0.688 bits per heavy atom. The summed E-state index contributed by atoms with van der Waals surface area (Å²) in [5, 5.41) is 4.18. The summed E-state index contributed by atoms with van der Waals surface area (Å²) in [6.45, 7) is 0. The minimum Gasteiger partial charge on any atom is -0.386 e. The number of ether oxygens (including phenoxy) is 2. The second kappa shape index (κ2) is 10.4. The van der Waals surface area contributed by atoms with E-state index in [1.165, 1.54) is 0 Å². The second-order valence-corrected chi connectivity index (χ2v) is 11.9. The third-order valence-electron chi connectivity index (χ3n) is 9.23. The smallest absolute Gasteiger partial charge is 0.346 e. The zero-order chi connectivity index (χ0) is 32.5. The molecule has 7 aromatic rings. The molecule has 0 radical (unpaired) electrons. The van der Waals surface area contributed by atoms with E-state index >= 15 is 0 Å². The van der Waals surface area contributed by atoms with Crippen molar-refractivity contribution < 1.29 is 28.7 Å². The van der Waals surface area contributed by atoms with E-state index in [0.29, 0.717) is 0 Å². The number of carbonyl (C=O) groups is 4. The van der Waals surface area contributed by atoms with Crippen LogP contribution in [0.15, 0.2) is 133 Å². The zero-order valence-corrected chi connectivity index (χ0v) is 25.2. The van der Waals surface area contributed by atoms with E-state index in [2.05, 4.69) is 60.7 Å². The van der Waals surface area contributed by atoms with Crippen molar-refractivity contribution in [2.75, 3.05) is 0 Å². The predicted octanol–water partition coefficient (Wildman–Crippen LogP) is 9.28. The average molecular weight is 623 g/mol. The number of benzene rings is 7. The van der Waals surface area contributed by atoms with E-state index in [1.54, 1.807) is 24.3 Å². The molecule has 0 N–H and O–H groups in total. The maximum Gasteiger partial charge on any atom is 0.346 e. The van der Waals surface area contributed by atoms with E-state index in [9.17, 15) is 19.2 Å². The number of hydrogen-bond donors (Lipinski definition) is 0. The Morgan fingerprint density at radius 1 is 0.292 bits per heavy atom. The molecular weight excluding hydrogens is 600 g/mol. The van der Waals surface area contributed by atoms with Gasteiger partial charge in [0.1, 0.15) is 0 Å². The Bertz CT molecular complexity index is 2400. The number of carbonyl (C=O) groups excluding carboxylic acids is 4. The molecule has 6 nitrogen and oxygen atoms in total. The molecule has 2 heterocycles. The topological polar surface area (TPSA) is 86.7 Å². The van der Waals surface area contributed by atoms with Gasteiger partial charge in [0.2, 0.25) is 0 Å². The standard InChI is InChI=1S/C42H22O6/c43-39-31-17-15-25(19-37(31)41(45)47-39)33-22-36(30-14-6-10-24-8-2-4-12-28(24)30)34(26-16-18-32-38(20-26)42(46)48-40(32)44)21-35(33)29-13-5-9-23-7-1-3-11-27(23)29/h1-22H. The van der Waals surface area contributed by atoms with Gasteiger partial charge < -0.3 is 9.47 Å². The van der Waals surface area contributed by atoms with Crippen LogP contribution in [-0.2, 0) is 9.47 Å². The van der Waals surface area contributed by atoms with Crippen molar-refractivity contribution in [3.63, 3.8) is 0 Å². The van der Waals surface area contributed by atoms with Gasteiger partial charge in [-0.2, -0.15) is 0 Å². The van der Waals surface area contributed by atoms with Gasteiger partial charge in [-0.3, -0.25) is 0 Å². The summed E-state index contributed by atoms with van der Waals surface area (Å²) in [5.74, 6) is -2.66. The summed E-state index contributed by atoms with van der Waals surface area (Å²) in [4.78, 5) is 50.1. The molecule has 0 bridgehead atoms. The lowest BCUT2D eigenvalue weighted by molar-refractivity contribution is 0.0425. The quantitative estimate of drug-likeness (QED) is 0.144. The lowest BCUT2D eigenvalue weighted by atomic mass is 9.83. The van der Waals surface area contributed by atoms with Gasteiger partial charge in [0.15, 0.2) is 0 Å². The first-order valence-electron chi connectivity index (χ1n) is 15.4. The normalized spacial score (nSPS) is 13.5. The molecule has 0 saturated heterocycles. The molecule has 0 unspecified atom stereocenters. The van der Waals surface area contributed by atoms with Gasteiger partial charge in [-0.15, -0.1) is 0 Å². The molecular formula is C42H22O6. The summed E-state index contributed by atoms with van der Waals surface area (Å²) in [5.41, 5.74) is 7.74. The molecule has 0 amide bonds. The van der Waals surface area contributed by atoms with Crippen LogP contribution in [0.25, 0.3) is 66.1 Å². The summed E-state index contributed by atoms with van der Waals surface area (Å²) in [6.07, 6.45) is 0. The summed E-state index contributed by atoms with van der Waals surface area (Å²) < 4.78 is 9.85. The van der Waals surface area contributed by atoms with Crippen LogP contribution in [0, 0.1) is 0 Å². The molecule has 2 aliphatic heterocycles. The van der Waals surface area contributed by atoms with Gasteiger partial charge in [-0.05, 0) is 102 Å². The summed E-state index contributed by atoms with van der Waals surface area (Å²) in [7, 11) is 0. The fourth-order valence-corrected chi connectivity index (χ4v) is 6.95. The third kappa shape index (κ3) is 4.20. The van der Waals surface area contributed by atoms with Crippen molar-refractivity contribution in [2.45, 2.75) is 0 Å². The minimum atomic E-state index is -0.672. The van der Waals surface area contributed by atoms with E-state index in [1.807, 2.05) is 48.5 Å². The molecule has 0 aliphatic carbocycles. The van der Waals surface area contributed by atoms with Gasteiger partial charge in [0, 0.05) is 0 Å². The third-order valence-corrected chi connectivity index (χ3v) is 9.23. The van der Waals surface area contributed by atoms with Crippen LogP contribution >= 0.6 is 0 Å². The highest BCUT2D eigenvalue weighted by Gasteiger charge is 2.32. The first-order valence-corrected chi connectivity index (χ1v) is 15.4. The highest BCUT2D eigenvalue weighted by molar-refractivity contribution is 6.17. The molecule has 0 spiro atoms. The van der Waals surface area contributed by atoms with E-state index in [4.69, 9.17) is 9.47 Å². The largest absolute Gasteiger partial charge is 0.386 e. The molecule has 7 aromatic carbocycles. The first-order chi connectivity index (χ1) is 23.4.